The van der Waals surface area contributed by atoms with Gasteiger partial charge in [0.2, 0.25) is 0 Å². The van der Waals surface area contributed by atoms with Gasteiger partial charge in [0.05, 0.1) is 5.60 Å². The lowest BCUT2D eigenvalue weighted by Crippen LogP contribution is -2.40. The lowest BCUT2D eigenvalue weighted by atomic mass is 9.83. The van der Waals surface area contributed by atoms with Gasteiger partial charge in [0, 0.05) is 12.4 Å². The predicted octanol–water partition coefficient (Wildman–Crippen LogP) is 1.90. The summed E-state index contributed by atoms with van der Waals surface area (Å²) in [5, 5.41) is 3.25. The molecule has 1 N–H and O–H groups in total. The largest absolute Gasteiger partial charge is 0.374 e. The van der Waals surface area contributed by atoms with Crippen molar-refractivity contribution >= 4 is 11.8 Å². The lowest BCUT2D eigenvalue weighted by Gasteiger charge is -2.37. The number of hydrogen-bond donors (Lipinski definition) is 1. The standard InChI is InChI=1S/C11H21NOS/c1-12-5-2-10-3-6-13-11(8-10)4-7-14-9-11/h10,12H,2-9H2,1H3. The first-order chi connectivity index (χ1) is 6.85. The quantitative estimate of drug-likeness (QED) is 0.777. The van der Waals surface area contributed by atoms with Crippen LogP contribution in [0.4, 0.5) is 0 Å². The molecule has 1 spiro atoms. The van der Waals surface area contributed by atoms with Crippen molar-refractivity contribution in [1.82, 2.24) is 5.32 Å². The minimum absolute atomic E-state index is 0.279. The van der Waals surface area contributed by atoms with Crippen molar-refractivity contribution in [2.75, 3.05) is 31.7 Å². The summed E-state index contributed by atoms with van der Waals surface area (Å²) in [4.78, 5) is 0. The Labute approximate surface area is 91.2 Å². The molecule has 0 aromatic carbocycles. The van der Waals surface area contributed by atoms with Gasteiger partial charge in [0.25, 0.3) is 0 Å². The van der Waals surface area contributed by atoms with Gasteiger partial charge in [-0.05, 0) is 50.9 Å². The van der Waals surface area contributed by atoms with Crippen LogP contribution in [0.5, 0.6) is 0 Å². The minimum Gasteiger partial charge on any atom is -0.374 e. The molecule has 2 fully saturated rings. The normalized spacial score (nSPS) is 37.9. The molecule has 0 aliphatic carbocycles. The highest BCUT2D eigenvalue weighted by atomic mass is 32.2. The molecule has 0 radical (unpaired) electrons. The summed E-state index contributed by atoms with van der Waals surface area (Å²) in [6.45, 7) is 2.16. The molecule has 2 aliphatic heterocycles. The van der Waals surface area contributed by atoms with Gasteiger partial charge in [-0.15, -0.1) is 0 Å². The molecular formula is C11H21NOS. The van der Waals surface area contributed by atoms with E-state index in [0.29, 0.717) is 0 Å². The lowest BCUT2D eigenvalue weighted by molar-refractivity contribution is -0.0803. The summed E-state index contributed by atoms with van der Waals surface area (Å²) in [6.07, 6.45) is 5.19. The van der Waals surface area contributed by atoms with Gasteiger partial charge in [0.1, 0.15) is 0 Å². The van der Waals surface area contributed by atoms with Crippen LogP contribution in [0.3, 0.4) is 0 Å². The molecule has 0 bridgehead atoms. The first kappa shape index (κ1) is 10.8. The summed E-state index contributed by atoms with van der Waals surface area (Å²) >= 11 is 2.06. The van der Waals surface area contributed by atoms with Crippen LogP contribution in [0, 0.1) is 5.92 Å². The zero-order valence-corrected chi connectivity index (χ0v) is 9.87. The number of nitrogens with one attached hydrogen (secondary N) is 1. The van der Waals surface area contributed by atoms with E-state index < -0.39 is 0 Å². The Bertz CT molecular complexity index is 180. The Morgan fingerprint density at radius 1 is 1.57 bits per heavy atom. The Morgan fingerprint density at radius 3 is 3.21 bits per heavy atom. The number of rotatable bonds is 3. The van der Waals surface area contributed by atoms with Crippen LogP contribution in [0.2, 0.25) is 0 Å². The molecule has 2 saturated heterocycles. The summed E-state index contributed by atoms with van der Waals surface area (Å²) in [7, 11) is 2.04. The topological polar surface area (TPSA) is 21.3 Å². The van der Waals surface area contributed by atoms with Crippen LogP contribution in [0.15, 0.2) is 0 Å². The molecule has 2 atom stereocenters. The van der Waals surface area contributed by atoms with E-state index in [4.69, 9.17) is 4.74 Å². The van der Waals surface area contributed by atoms with Gasteiger partial charge in [-0.1, -0.05) is 0 Å². The third-order valence-corrected chi connectivity index (χ3v) is 4.69. The molecule has 14 heavy (non-hydrogen) atoms. The minimum atomic E-state index is 0.279. The van der Waals surface area contributed by atoms with E-state index in [9.17, 15) is 0 Å². The van der Waals surface area contributed by atoms with E-state index in [-0.39, 0.29) is 5.60 Å². The van der Waals surface area contributed by atoms with Gasteiger partial charge in [-0.25, -0.2) is 0 Å². The van der Waals surface area contributed by atoms with E-state index >= 15 is 0 Å². The predicted molar refractivity (Wildman–Crippen MR) is 61.9 cm³/mol. The molecule has 0 aromatic rings. The maximum Gasteiger partial charge on any atom is 0.0783 e. The molecule has 0 saturated carbocycles. The maximum atomic E-state index is 6.00. The van der Waals surface area contributed by atoms with Crippen molar-refractivity contribution in [2.45, 2.75) is 31.3 Å². The highest BCUT2D eigenvalue weighted by Crippen LogP contribution is 2.41. The number of ether oxygens (including phenoxy) is 1. The van der Waals surface area contributed by atoms with Crippen molar-refractivity contribution in [1.29, 1.82) is 0 Å². The second kappa shape index (κ2) is 4.86. The highest BCUT2D eigenvalue weighted by molar-refractivity contribution is 7.99. The monoisotopic (exact) mass is 215 g/mol. The third kappa shape index (κ3) is 2.44. The van der Waals surface area contributed by atoms with Crippen molar-refractivity contribution in [3.63, 3.8) is 0 Å². The molecule has 0 amide bonds. The van der Waals surface area contributed by atoms with Crippen LogP contribution in [-0.4, -0.2) is 37.3 Å². The third-order valence-electron chi connectivity index (χ3n) is 3.46. The summed E-state index contributed by atoms with van der Waals surface area (Å²) < 4.78 is 6.00. The van der Waals surface area contributed by atoms with Gasteiger partial charge >= 0.3 is 0 Å². The Morgan fingerprint density at radius 2 is 2.50 bits per heavy atom. The van der Waals surface area contributed by atoms with Gasteiger partial charge < -0.3 is 10.1 Å². The van der Waals surface area contributed by atoms with Crippen LogP contribution in [0.1, 0.15) is 25.7 Å². The molecule has 3 heteroatoms. The molecule has 0 aromatic heterocycles. The molecule has 2 aliphatic rings. The van der Waals surface area contributed by atoms with Gasteiger partial charge in [-0.3, -0.25) is 0 Å². The van der Waals surface area contributed by atoms with E-state index in [0.717, 1.165) is 19.1 Å². The molecule has 2 heterocycles. The zero-order valence-electron chi connectivity index (χ0n) is 9.05. The summed E-state index contributed by atoms with van der Waals surface area (Å²) in [5.41, 5.74) is 0.279. The van der Waals surface area contributed by atoms with E-state index in [2.05, 4.69) is 17.1 Å². The smallest absolute Gasteiger partial charge is 0.0783 e. The highest BCUT2D eigenvalue weighted by Gasteiger charge is 2.39. The van der Waals surface area contributed by atoms with Crippen LogP contribution >= 0.6 is 11.8 Å². The fourth-order valence-corrected chi connectivity index (χ4v) is 3.97. The van der Waals surface area contributed by atoms with E-state index in [1.54, 1.807) is 0 Å². The first-order valence-electron chi connectivity index (χ1n) is 5.71. The second-order valence-corrected chi connectivity index (χ2v) is 5.69. The molecular weight excluding hydrogens is 194 g/mol. The van der Waals surface area contributed by atoms with E-state index in [1.807, 2.05) is 7.05 Å². The average molecular weight is 215 g/mol. The molecule has 2 unspecified atom stereocenters. The van der Waals surface area contributed by atoms with Gasteiger partial charge in [0.15, 0.2) is 0 Å². The van der Waals surface area contributed by atoms with Crippen LogP contribution in [0.25, 0.3) is 0 Å². The van der Waals surface area contributed by atoms with E-state index in [1.165, 1.54) is 37.2 Å². The number of hydrogen-bond acceptors (Lipinski definition) is 3. The van der Waals surface area contributed by atoms with Crippen LogP contribution < -0.4 is 5.32 Å². The molecule has 2 rings (SSSR count). The van der Waals surface area contributed by atoms with Crippen molar-refractivity contribution in [3.05, 3.63) is 0 Å². The zero-order chi connectivity index (χ0) is 9.86. The Kier molecular flexibility index (Phi) is 3.74. The Hall–Kier alpha value is 0.270. The van der Waals surface area contributed by atoms with Crippen LogP contribution in [-0.2, 0) is 4.74 Å². The van der Waals surface area contributed by atoms with Crippen molar-refractivity contribution in [2.24, 2.45) is 5.92 Å². The Balaban J connectivity index is 1.83. The second-order valence-electron chi connectivity index (χ2n) is 4.59. The summed E-state index contributed by atoms with van der Waals surface area (Å²) in [6, 6.07) is 0. The van der Waals surface area contributed by atoms with Crippen molar-refractivity contribution < 1.29 is 4.74 Å². The van der Waals surface area contributed by atoms with Crippen molar-refractivity contribution in [3.8, 4) is 0 Å². The maximum absolute atomic E-state index is 6.00. The first-order valence-corrected chi connectivity index (χ1v) is 6.86. The molecule has 2 nitrogen and oxygen atoms in total. The average Bonchev–Trinajstić information content (AvgIpc) is 2.63. The SMILES string of the molecule is CNCCC1CCOC2(CCSC2)C1. The fraction of sp³-hybridized carbons (Fsp3) is 1.00. The fourth-order valence-electron chi connectivity index (χ4n) is 2.59. The van der Waals surface area contributed by atoms with Gasteiger partial charge in [-0.2, -0.15) is 11.8 Å². The summed E-state index contributed by atoms with van der Waals surface area (Å²) in [5.74, 6) is 3.44. The molecule has 82 valence electrons. The number of thioether (sulfide) groups is 1.